The minimum atomic E-state index is 0.299. The lowest BCUT2D eigenvalue weighted by Gasteiger charge is -2.36. The summed E-state index contributed by atoms with van der Waals surface area (Å²) in [7, 11) is 0. The Hall–Kier alpha value is 0.310. The van der Waals surface area contributed by atoms with E-state index in [-0.39, 0.29) is 0 Å². The zero-order valence-electron chi connectivity index (χ0n) is 8.51. The Kier molecular flexibility index (Phi) is 3.47. The summed E-state index contributed by atoms with van der Waals surface area (Å²) < 4.78 is 0.299. The third-order valence-corrected chi connectivity index (χ3v) is 3.00. The Balaban J connectivity index is 2.27. The zero-order chi connectivity index (χ0) is 9.19. The van der Waals surface area contributed by atoms with E-state index < -0.39 is 0 Å². The molecule has 0 aromatic rings. The molecule has 1 nitrogen and oxygen atoms in total. The van der Waals surface area contributed by atoms with Crippen LogP contribution in [0.1, 0.15) is 33.6 Å². The van der Waals surface area contributed by atoms with Crippen LogP contribution in [-0.2, 0) is 0 Å². The molecule has 72 valence electrons. The number of likely N-dealkylation sites (tertiary alicyclic amines) is 1. The van der Waals surface area contributed by atoms with Crippen molar-refractivity contribution in [2.45, 2.75) is 38.4 Å². The Morgan fingerprint density at radius 1 is 1.33 bits per heavy atom. The summed E-state index contributed by atoms with van der Waals surface area (Å²) in [6.45, 7) is 10.5. The van der Waals surface area contributed by atoms with Crippen LogP contribution in [0.4, 0.5) is 0 Å². The van der Waals surface area contributed by atoms with Gasteiger partial charge in [-0.1, -0.05) is 20.8 Å². The Morgan fingerprint density at radius 3 is 2.25 bits per heavy atom. The van der Waals surface area contributed by atoms with Gasteiger partial charge >= 0.3 is 0 Å². The molecule has 0 bridgehead atoms. The van der Waals surface area contributed by atoms with Crippen LogP contribution in [0.3, 0.4) is 0 Å². The summed E-state index contributed by atoms with van der Waals surface area (Å²) in [5, 5.41) is 0. The average molecular weight is 187 g/mol. The predicted molar refractivity (Wildman–Crippen MR) is 57.9 cm³/mol. The van der Waals surface area contributed by atoms with E-state index in [0.717, 1.165) is 5.92 Å². The number of hydrogen-bond donors (Lipinski definition) is 1. The van der Waals surface area contributed by atoms with E-state index in [1.54, 1.807) is 0 Å². The second-order valence-corrected chi connectivity index (χ2v) is 5.77. The first-order valence-electron chi connectivity index (χ1n) is 4.94. The maximum Gasteiger partial charge on any atom is 0.0126 e. The van der Waals surface area contributed by atoms with Crippen molar-refractivity contribution in [2.24, 2.45) is 5.92 Å². The summed E-state index contributed by atoms with van der Waals surface area (Å²) >= 11 is 4.62. The monoisotopic (exact) mass is 187 g/mol. The van der Waals surface area contributed by atoms with Crippen molar-refractivity contribution in [3.05, 3.63) is 0 Å². The minimum absolute atomic E-state index is 0.299. The lowest BCUT2D eigenvalue weighted by atomic mass is 9.97. The maximum atomic E-state index is 4.62. The van der Waals surface area contributed by atoms with E-state index in [1.165, 1.54) is 32.5 Å². The van der Waals surface area contributed by atoms with Gasteiger partial charge in [0.2, 0.25) is 0 Å². The minimum Gasteiger partial charge on any atom is -0.303 e. The van der Waals surface area contributed by atoms with Gasteiger partial charge in [-0.3, -0.25) is 0 Å². The molecule has 12 heavy (non-hydrogen) atoms. The fourth-order valence-electron chi connectivity index (χ4n) is 1.73. The number of nitrogens with zero attached hydrogens (tertiary/aromatic N) is 1. The molecule has 0 radical (unpaired) electrons. The molecule has 0 saturated carbocycles. The van der Waals surface area contributed by atoms with Gasteiger partial charge in [0.05, 0.1) is 0 Å². The Morgan fingerprint density at radius 2 is 1.83 bits per heavy atom. The second kappa shape index (κ2) is 4.01. The number of hydrogen-bond acceptors (Lipinski definition) is 2. The molecule has 0 atom stereocenters. The molecular weight excluding hydrogens is 166 g/mol. The van der Waals surface area contributed by atoms with Crippen LogP contribution in [0.25, 0.3) is 0 Å². The van der Waals surface area contributed by atoms with Gasteiger partial charge in [0.1, 0.15) is 0 Å². The molecule has 0 unspecified atom stereocenters. The van der Waals surface area contributed by atoms with E-state index in [2.05, 4.69) is 38.3 Å². The molecule has 0 aliphatic carbocycles. The Labute approximate surface area is 81.9 Å². The molecule has 1 heterocycles. The van der Waals surface area contributed by atoms with E-state index in [9.17, 15) is 0 Å². The average Bonchev–Trinajstić information content (AvgIpc) is 1.93. The van der Waals surface area contributed by atoms with Crippen LogP contribution in [0.15, 0.2) is 0 Å². The van der Waals surface area contributed by atoms with Gasteiger partial charge in [0.25, 0.3) is 0 Å². The van der Waals surface area contributed by atoms with Crippen molar-refractivity contribution in [3.63, 3.8) is 0 Å². The highest BCUT2D eigenvalue weighted by molar-refractivity contribution is 7.81. The zero-order valence-corrected chi connectivity index (χ0v) is 9.40. The van der Waals surface area contributed by atoms with E-state index >= 15 is 0 Å². The van der Waals surface area contributed by atoms with Crippen LogP contribution in [0, 0.1) is 5.92 Å². The van der Waals surface area contributed by atoms with Crippen LogP contribution >= 0.6 is 12.6 Å². The molecule has 1 saturated heterocycles. The van der Waals surface area contributed by atoms with Crippen molar-refractivity contribution in [3.8, 4) is 0 Å². The van der Waals surface area contributed by atoms with Gasteiger partial charge in [0, 0.05) is 11.3 Å². The molecule has 1 aliphatic heterocycles. The number of rotatable bonds is 2. The summed E-state index contributed by atoms with van der Waals surface area (Å²) in [6.07, 6.45) is 2.48. The SMILES string of the molecule is CC(C)CN1CCC(C)(S)CC1. The molecule has 2 heteroatoms. The summed E-state index contributed by atoms with van der Waals surface area (Å²) in [5.41, 5.74) is 0. The molecule has 1 fully saturated rings. The highest BCUT2D eigenvalue weighted by atomic mass is 32.1. The molecule has 1 rings (SSSR count). The van der Waals surface area contributed by atoms with E-state index in [1.807, 2.05) is 0 Å². The highest BCUT2D eigenvalue weighted by Crippen LogP contribution is 2.27. The molecular formula is C10H21NS. The van der Waals surface area contributed by atoms with Gasteiger partial charge in [-0.15, -0.1) is 0 Å². The lowest BCUT2D eigenvalue weighted by Crippen LogP contribution is -2.41. The molecule has 0 aromatic carbocycles. The quantitative estimate of drug-likeness (QED) is 0.650. The van der Waals surface area contributed by atoms with Gasteiger partial charge < -0.3 is 4.90 Å². The largest absolute Gasteiger partial charge is 0.303 e. The van der Waals surface area contributed by atoms with E-state index in [0.29, 0.717) is 4.75 Å². The summed E-state index contributed by atoms with van der Waals surface area (Å²) in [5.74, 6) is 0.800. The maximum absolute atomic E-state index is 4.62. The third-order valence-electron chi connectivity index (χ3n) is 2.56. The van der Waals surface area contributed by atoms with Crippen LogP contribution in [0.5, 0.6) is 0 Å². The smallest absolute Gasteiger partial charge is 0.0126 e. The molecule has 0 N–H and O–H groups in total. The first-order chi connectivity index (χ1) is 5.49. The summed E-state index contributed by atoms with van der Waals surface area (Å²) in [4.78, 5) is 2.56. The Bertz CT molecular complexity index is 133. The van der Waals surface area contributed by atoms with Crippen molar-refractivity contribution in [1.82, 2.24) is 4.90 Å². The van der Waals surface area contributed by atoms with Crippen LogP contribution < -0.4 is 0 Å². The second-order valence-electron chi connectivity index (χ2n) is 4.69. The molecule has 0 spiro atoms. The third kappa shape index (κ3) is 3.36. The fraction of sp³-hybridized carbons (Fsp3) is 1.00. The molecule has 0 amide bonds. The van der Waals surface area contributed by atoms with Gasteiger partial charge in [-0.2, -0.15) is 12.6 Å². The van der Waals surface area contributed by atoms with Gasteiger partial charge in [0.15, 0.2) is 0 Å². The van der Waals surface area contributed by atoms with Crippen molar-refractivity contribution >= 4 is 12.6 Å². The van der Waals surface area contributed by atoms with Gasteiger partial charge in [-0.05, 0) is 31.8 Å². The van der Waals surface area contributed by atoms with Gasteiger partial charge in [-0.25, -0.2) is 0 Å². The standard InChI is InChI=1S/C10H21NS/c1-9(2)8-11-6-4-10(3,12)5-7-11/h9,12H,4-8H2,1-3H3. The normalized spacial score (nSPS) is 24.8. The lowest BCUT2D eigenvalue weighted by molar-refractivity contribution is 0.187. The summed E-state index contributed by atoms with van der Waals surface area (Å²) in [6, 6.07) is 0. The van der Waals surface area contributed by atoms with Crippen molar-refractivity contribution in [2.75, 3.05) is 19.6 Å². The topological polar surface area (TPSA) is 3.24 Å². The molecule has 0 aromatic heterocycles. The number of piperidine rings is 1. The van der Waals surface area contributed by atoms with Crippen molar-refractivity contribution in [1.29, 1.82) is 0 Å². The van der Waals surface area contributed by atoms with E-state index in [4.69, 9.17) is 0 Å². The number of thiol groups is 1. The first-order valence-corrected chi connectivity index (χ1v) is 5.39. The predicted octanol–water partition coefficient (Wildman–Crippen LogP) is 2.43. The van der Waals surface area contributed by atoms with Crippen LogP contribution in [0.2, 0.25) is 0 Å². The fourth-order valence-corrected chi connectivity index (χ4v) is 1.93. The first kappa shape index (κ1) is 10.4. The van der Waals surface area contributed by atoms with Crippen LogP contribution in [-0.4, -0.2) is 29.3 Å². The van der Waals surface area contributed by atoms with Crippen molar-refractivity contribution < 1.29 is 0 Å². The highest BCUT2D eigenvalue weighted by Gasteiger charge is 2.26. The molecule has 1 aliphatic rings.